The van der Waals surface area contributed by atoms with E-state index >= 15 is 0 Å². The SMILES string of the molecule is C=CC1=C(O)CC(CC)C=C1. The Morgan fingerprint density at radius 2 is 2.55 bits per heavy atom. The molecule has 60 valence electrons. The first-order chi connectivity index (χ1) is 5.27. The fourth-order valence-electron chi connectivity index (χ4n) is 1.24. The fourth-order valence-corrected chi connectivity index (χ4v) is 1.24. The number of hydrogen-bond acceptors (Lipinski definition) is 1. The van der Waals surface area contributed by atoms with Crippen LogP contribution in [0.3, 0.4) is 0 Å². The van der Waals surface area contributed by atoms with Crippen molar-refractivity contribution in [1.82, 2.24) is 0 Å². The first kappa shape index (κ1) is 8.12. The second-order valence-electron chi connectivity index (χ2n) is 2.84. The van der Waals surface area contributed by atoms with Crippen LogP contribution in [0.4, 0.5) is 0 Å². The third-order valence-corrected chi connectivity index (χ3v) is 2.08. The highest BCUT2D eigenvalue weighted by Crippen LogP contribution is 2.24. The first-order valence-corrected chi connectivity index (χ1v) is 4.00. The van der Waals surface area contributed by atoms with Gasteiger partial charge in [-0.3, -0.25) is 0 Å². The van der Waals surface area contributed by atoms with Crippen molar-refractivity contribution in [1.29, 1.82) is 0 Å². The lowest BCUT2D eigenvalue weighted by atomic mass is 9.93. The van der Waals surface area contributed by atoms with Gasteiger partial charge in [-0.05, 0) is 12.3 Å². The number of aliphatic hydroxyl groups is 1. The summed E-state index contributed by atoms with van der Waals surface area (Å²) in [6.45, 7) is 5.74. The molecule has 0 heterocycles. The summed E-state index contributed by atoms with van der Waals surface area (Å²) in [5.41, 5.74) is 0.870. The van der Waals surface area contributed by atoms with Gasteiger partial charge in [0.15, 0.2) is 0 Å². The van der Waals surface area contributed by atoms with E-state index < -0.39 is 0 Å². The molecule has 1 nitrogen and oxygen atoms in total. The lowest BCUT2D eigenvalue weighted by Crippen LogP contribution is -2.02. The minimum Gasteiger partial charge on any atom is -0.512 e. The molecule has 0 aromatic heterocycles. The quantitative estimate of drug-likeness (QED) is 0.641. The second kappa shape index (κ2) is 3.42. The van der Waals surface area contributed by atoms with Gasteiger partial charge in [0.1, 0.15) is 0 Å². The van der Waals surface area contributed by atoms with Crippen molar-refractivity contribution in [3.63, 3.8) is 0 Å². The Morgan fingerprint density at radius 3 is 3.00 bits per heavy atom. The summed E-state index contributed by atoms with van der Waals surface area (Å²) in [4.78, 5) is 0. The van der Waals surface area contributed by atoms with Crippen LogP contribution in [0.2, 0.25) is 0 Å². The van der Waals surface area contributed by atoms with Gasteiger partial charge in [0, 0.05) is 12.0 Å². The lowest BCUT2D eigenvalue weighted by Gasteiger charge is -2.15. The van der Waals surface area contributed by atoms with Crippen molar-refractivity contribution in [2.24, 2.45) is 5.92 Å². The molecule has 0 spiro atoms. The Kier molecular flexibility index (Phi) is 2.53. The van der Waals surface area contributed by atoms with Gasteiger partial charge in [0.25, 0.3) is 0 Å². The van der Waals surface area contributed by atoms with Gasteiger partial charge >= 0.3 is 0 Å². The molecule has 0 fully saturated rings. The van der Waals surface area contributed by atoms with E-state index in [1.165, 1.54) is 0 Å². The molecule has 0 saturated heterocycles. The van der Waals surface area contributed by atoms with E-state index in [4.69, 9.17) is 0 Å². The fraction of sp³-hybridized carbons (Fsp3) is 0.400. The minimum absolute atomic E-state index is 0.481. The molecular formula is C10H14O. The molecule has 0 aromatic rings. The molecule has 1 rings (SSSR count). The van der Waals surface area contributed by atoms with Crippen molar-refractivity contribution in [2.45, 2.75) is 19.8 Å². The Morgan fingerprint density at radius 1 is 1.82 bits per heavy atom. The zero-order valence-electron chi connectivity index (χ0n) is 6.88. The molecule has 0 radical (unpaired) electrons. The molecule has 1 N–H and O–H groups in total. The molecule has 1 aliphatic carbocycles. The highest BCUT2D eigenvalue weighted by atomic mass is 16.3. The monoisotopic (exact) mass is 150 g/mol. The number of allylic oxidation sites excluding steroid dienone is 5. The van der Waals surface area contributed by atoms with Crippen LogP contribution in [0.1, 0.15) is 19.8 Å². The normalized spacial score (nSPS) is 23.9. The lowest BCUT2D eigenvalue weighted by molar-refractivity contribution is 0.357. The number of aliphatic hydroxyl groups excluding tert-OH is 1. The van der Waals surface area contributed by atoms with Crippen molar-refractivity contribution in [3.05, 3.63) is 36.1 Å². The van der Waals surface area contributed by atoms with Crippen LogP contribution in [-0.2, 0) is 0 Å². The Labute approximate surface area is 67.7 Å². The molecule has 11 heavy (non-hydrogen) atoms. The maximum atomic E-state index is 9.43. The average molecular weight is 150 g/mol. The largest absolute Gasteiger partial charge is 0.512 e. The van der Waals surface area contributed by atoms with Gasteiger partial charge < -0.3 is 5.11 Å². The molecule has 0 bridgehead atoms. The molecule has 1 atom stereocenters. The van der Waals surface area contributed by atoms with E-state index in [0.29, 0.717) is 11.7 Å². The van der Waals surface area contributed by atoms with Crippen molar-refractivity contribution < 1.29 is 5.11 Å². The van der Waals surface area contributed by atoms with E-state index in [0.717, 1.165) is 18.4 Å². The molecule has 1 unspecified atom stereocenters. The van der Waals surface area contributed by atoms with Crippen LogP contribution < -0.4 is 0 Å². The van der Waals surface area contributed by atoms with E-state index in [2.05, 4.69) is 19.6 Å². The zero-order chi connectivity index (χ0) is 8.27. The second-order valence-corrected chi connectivity index (χ2v) is 2.84. The highest BCUT2D eigenvalue weighted by Gasteiger charge is 2.11. The van der Waals surface area contributed by atoms with E-state index in [1.54, 1.807) is 6.08 Å². The molecule has 0 aliphatic heterocycles. The standard InChI is InChI=1S/C10H14O/c1-3-8-5-6-9(4-2)10(11)7-8/h4-6,8,11H,2-3,7H2,1H3. The van der Waals surface area contributed by atoms with Gasteiger partial charge in [-0.25, -0.2) is 0 Å². The molecule has 0 amide bonds. The minimum atomic E-state index is 0.481. The summed E-state index contributed by atoms with van der Waals surface area (Å²) < 4.78 is 0. The topological polar surface area (TPSA) is 20.2 Å². The van der Waals surface area contributed by atoms with Crippen LogP contribution in [0.5, 0.6) is 0 Å². The van der Waals surface area contributed by atoms with Crippen LogP contribution >= 0.6 is 0 Å². The highest BCUT2D eigenvalue weighted by molar-refractivity contribution is 5.35. The third kappa shape index (κ3) is 1.73. The Balaban J connectivity index is 2.73. The van der Waals surface area contributed by atoms with Crippen molar-refractivity contribution >= 4 is 0 Å². The van der Waals surface area contributed by atoms with Gasteiger partial charge in [0.05, 0.1) is 5.76 Å². The van der Waals surface area contributed by atoms with Gasteiger partial charge in [-0.1, -0.05) is 31.7 Å². The summed E-state index contributed by atoms with van der Waals surface area (Å²) in [5, 5.41) is 9.43. The summed E-state index contributed by atoms with van der Waals surface area (Å²) in [6.07, 6.45) is 7.63. The average Bonchev–Trinajstić information content (AvgIpc) is 2.04. The van der Waals surface area contributed by atoms with Crippen molar-refractivity contribution in [3.8, 4) is 0 Å². The van der Waals surface area contributed by atoms with Crippen LogP contribution in [0.25, 0.3) is 0 Å². The van der Waals surface area contributed by atoms with E-state index in [9.17, 15) is 5.11 Å². The summed E-state index contributed by atoms with van der Waals surface area (Å²) in [7, 11) is 0. The van der Waals surface area contributed by atoms with Crippen LogP contribution in [0, 0.1) is 5.92 Å². The van der Waals surface area contributed by atoms with Crippen LogP contribution in [0.15, 0.2) is 36.1 Å². The molecule has 0 saturated carbocycles. The molecule has 0 aromatic carbocycles. The first-order valence-electron chi connectivity index (χ1n) is 4.00. The predicted molar refractivity (Wildman–Crippen MR) is 47.4 cm³/mol. The maximum absolute atomic E-state index is 9.43. The summed E-state index contributed by atoms with van der Waals surface area (Å²) in [5.74, 6) is 0.994. The summed E-state index contributed by atoms with van der Waals surface area (Å²) in [6, 6.07) is 0. The molecule has 1 aliphatic rings. The van der Waals surface area contributed by atoms with Gasteiger partial charge in [-0.2, -0.15) is 0 Å². The maximum Gasteiger partial charge on any atom is 0.1000 e. The zero-order valence-corrected chi connectivity index (χ0v) is 6.88. The van der Waals surface area contributed by atoms with E-state index in [1.807, 2.05) is 6.08 Å². The molecular weight excluding hydrogens is 136 g/mol. The molecule has 1 heteroatoms. The third-order valence-electron chi connectivity index (χ3n) is 2.08. The summed E-state index contributed by atoms with van der Waals surface area (Å²) >= 11 is 0. The van der Waals surface area contributed by atoms with Crippen LogP contribution in [-0.4, -0.2) is 5.11 Å². The van der Waals surface area contributed by atoms with Gasteiger partial charge in [-0.15, -0.1) is 0 Å². The smallest absolute Gasteiger partial charge is 0.1000 e. The van der Waals surface area contributed by atoms with Crippen molar-refractivity contribution in [2.75, 3.05) is 0 Å². The number of hydrogen-bond donors (Lipinski definition) is 1. The Hall–Kier alpha value is -0.980. The predicted octanol–water partition coefficient (Wildman–Crippen LogP) is 2.97. The Bertz CT molecular complexity index is 211. The van der Waals surface area contributed by atoms with Gasteiger partial charge in [0.2, 0.25) is 0 Å². The number of rotatable bonds is 2. The van der Waals surface area contributed by atoms with E-state index in [-0.39, 0.29) is 0 Å².